The number of nitrogens with two attached hydrogens (primary N) is 1. The fourth-order valence-corrected chi connectivity index (χ4v) is 5.12. The van der Waals surface area contributed by atoms with Gasteiger partial charge in [0, 0.05) is 18.2 Å². The molecular weight excluding hydrogens is 495 g/mol. The third-order valence-corrected chi connectivity index (χ3v) is 7.67. The Morgan fingerprint density at radius 3 is 2.39 bits per heavy atom. The van der Waals surface area contributed by atoms with Gasteiger partial charge in [-0.15, -0.1) is 0 Å². The number of hydrogen-bond donors (Lipinski definition) is 2. The van der Waals surface area contributed by atoms with Gasteiger partial charge in [-0.25, -0.2) is 4.99 Å². The van der Waals surface area contributed by atoms with Gasteiger partial charge in [-0.3, -0.25) is 15.3 Å². The van der Waals surface area contributed by atoms with Crippen LogP contribution in [0.2, 0.25) is 0 Å². The molecule has 1 aliphatic carbocycles. The summed E-state index contributed by atoms with van der Waals surface area (Å²) in [4.78, 5) is 33.9. The molecule has 1 unspecified atom stereocenters. The number of benzodiazepines with no additional fused rings is 1. The van der Waals surface area contributed by atoms with E-state index in [0.29, 0.717) is 30.5 Å². The minimum atomic E-state index is -4.52. The molecule has 2 aromatic rings. The number of halogens is 3. The first-order chi connectivity index (χ1) is 17.8. The Labute approximate surface area is 220 Å². The summed E-state index contributed by atoms with van der Waals surface area (Å²) in [6.45, 7) is 3.59. The second-order valence-electron chi connectivity index (χ2n) is 10.7. The number of rotatable bonds is 9. The summed E-state index contributed by atoms with van der Waals surface area (Å²) in [5.41, 5.74) is 3.35. The minimum absolute atomic E-state index is 0.140. The fourth-order valence-electron chi connectivity index (χ4n) is 5.12. The highest BCUT2D eigenvalue weighted by Crippen LogP contribution is 2.42. The number of anilines is 1. The Kier molecular flexibility index (Phi) is 7.56. The molecule has 3 N–H and O–H groups in total. The third-order valence-electron chi connectivity index (χ3n) is 7.67. The van der Waals surface area contributed by atoms with Crippen LogP contribution in [-0.4, -0.2) is 40.8 Å². The van der Waals surface area contributed by atoms with Gasteiger partial charge >= 0.3 is 6.18 Å². The summed E-state index contributed by atoms with van der Waals surface area (Å²) in [5, 5.41) is 11.4. The van der Waals surface area contributed by atoms with Crippen molar-refractivity contribution in [1.82, 2.24) is 0 Å². The Hall–Kier alpha value is -3.04. The monoisotopic (exact) mass is 529 g/mol. The molecule has 3 atom stereocenters. The van der Waals surface area contributed by atoms with Gasteiger partial charge in [0.1, 0.15) is 0 Å². The van der Waals surface area contributed by atoms with Crippen molar-refractivity contribution in [3.05, 3.63) is 65.2 Å². The van der Waals surface area contributed by atoms with E-state index in [9.17, 15) is 27.9 Å². The summed E-state index contributed by atoms with van der Waals surface area (Å²) in [5.74, 6) is -2.11. The molecule has 1 saturated carbocycles. The first kappa shape index (κ1) is 28.0. The van der Waals surface area contributed by atoms with E-state index in [1.807, 2.05) is 6.92 Å². The summed E-state index contributed by atoms with van der Waals surface area (Å²) in [6.07, 6.45) is -0.382. The number of ketones is 1. The quantitative estimate of drug-likeness (QED) is 0.442. The van der Waals surface area contributed by atoms with Crippen LogP contribution in [0.25, 0.3) is 0 Å². The first-order valence-electron chi connectivity index (χ1n) is 13.0. The number of carbonyl (C=O) groups excluding carboxylic acids is 2. The van der Waals surface area contributed by atoms with Crippen molar-refractivity contribution in [2.45, 2.75) is 69.8 Å². The van der Waals surface area contributed by atoms with E-state index >= 15 is 0 Å². The van der Waals surface area contributed by atoms with E-state index in [-0.39, 0.29) is 17.2 Å². The molecule has 0 bridgehead atoms. The standard InChI is InChI=1S/C29H34F3N3O3/c1-4-5-16-27(2,38)22(17-18-10-11-18)25(36)28(33)26(37)35(3)23-9-7-6-8-21(23)24(34-28)19-12-14-20(15-13-19)29(30,31)32/h6-9,12-15,18,22,38H,4-5,10-11,16-17,33H2,1-3H3/t22-,27-,28?/m0/s1. The summed E-state index contributed by atoms with van der Waals surface area (Å²) in [7, 11) is 1.49. The molecule has 2 aliphatic rings. The molecule has 204 valence electrons. The van der Waals surface area contributed by atoms with Crippen LogP contribution in [0.5, 0.6) is 0 Å². The van der Waals surface area contributed by atoms with E-state index in [2.05, 4.69) is 4.99 Å². The van der Waals surface area contributed by atoms with Crippen LogP contribution in [0.3, 0.4) is 0 Å². The molecule has 0 spiro atoms. The highest BCUT2D eigenvalue weighted by Gasteiger charge is 2.53. The zero-order chi connectivity index (χ0) is 27.9. The van der Waals surface area contributed by atoms with Gasteiger partial charge in [-0.2, -0.15) is 13.2 Å². The normalized spacial score (nSPS) is 22.3. The number of para-hydroxylation sites is 1. The number of benzene rings is 2. The highest BCUT2D eigenvalue weighted by atomic mass is 19.4. The maximum absolute atomic E-state index is 14.2. The van der Waals surface area contributed by atoms with Crippen LogP contribution in [0.1, 0.15) is 69.1 Å². The zero-order valence-corrected chi connectivity index (χ0v) is 21.9. The van der Waals surface area contributed by atoms with Crippen LogP contribution >= 0.6 is 0 Å². The molecule has 1 amide bonds. The molecule has 4 rings (SSSR count). The molecule has 6 nitrogen and oxygen atoms in total. The first-order valence-corrected chi connectivity index (χ1v) is 13.0. The predicted molar refractivity (Wildman–Crippen MR) is 140 cm³/mol. The molecule has 0 radical (unpaired) electrons. The van der Waals surface area contributed by atoms with Gasteiger partial charge in [0.05, 0.1) is 28.5 Å². The lowest BCUT2D eigenvalue weighted by Crippen LogP contribution is -2.62. The van der Waals surface area contributed by atoms with Crippen LogP contribution in [0.15, 0.2) is 53.5 Å². The summed E-state index contributed by atoms with van der Waals surface area (Å²) < 4.78 is 39.7. The second-order valence-corrected chi connectivity index (χ2v) is 10.7. The number of likely N-dealkylation sites (N-methyl/N-ethyl adjacent to an activating group) is 1. The lowest BCUT2D eigenvalue weighted by Gasteiger charge is -2.37. The van der Waals surface area contributed by atoms with Gasteiger partial charge in [-0.1, -0.05) is 62.9 Å². The van der Waals surface area contributed by atoms with Crippen molar-refractivity contribution in [1.29, 1.82) is 0 Å². The second kappa shape index (κ2) is 10.3. The Balaban J connectivity index is 1.86. The van der Waals surface area contributed by atoms with Gasteiger partial charge in [0.2, 0.25) is 5.66 Å². The lowest BCUT2D eigenvalue weighted by molar-refractivity contribution is -0.143. The average Bonchev–Trinajstić information content (AvgIpc) is 3.72. The van der Waals surface area contributed by atoms with E-state index in [4.69, 9.17) is 5.73 Å². The number of fused-ring (bicyclic) bond motifs is 1. The number of aliphatic imine (C=N–C) groups is 1. The minimum Gasteiger partial charge on any atom is -0.389 e. The van der Waals surface area contributed by atoms with Gasteiger partial charge in [-0.05, 0) is 43.9 Å². The van der Waals surface area contributed by atoms with Crippen molar-refractivity contribution in [2.24, 2.45) is 22.6 Å². The maximum Gasteiger partial charge on any atom is 0.416 e. The Bertz CT molecular complexity index is 1240. The highest BCUT2D eigenvalue weighted by molar-refractivity contribution is 6.26. The maximum atomic E-state index is 14.2. The van der Waals surface area contributed by atoms with Crippen molar-refractivity contribution >= 4 is 23.1 Å². The summed E-state index contributed by atoms with van der Waals surface area (Å²) in [6, 6.07) is 11.2. The van der Waals surface area contributed by atoms with Crippen LogP contribution in [-0.2, 0) is 15.8 Å². The smallest absolute Gasteiger partial charge is 0.389 e. The number of nitrogens with zero attached hydrogens (tertiary/aromatic N) is 2. The average molecular weight is 530 g/mol. The molecule has 0 saturated heterocycles. The number of aliphatic hydroxyl groups is 1. The van der Waals surface area contributed by atoms with Crippen molar-refractivity contribution < 1.29 is 27.9 Å². The van der Waals surface area contributed by atoms with Crippen molar-refractivity contribution in [3.63, 3.8) is 0 Å². The molecular formula is C29H34F3N3O3. The number of amides is 1. The molecule has 1 heterocycles. The van der Waals surface area contributed by atoms with Crippen molar-refractivity contribution in [3.8, 4) is 0 Å². The SMILES string of the molecule is CCCC[C@](C)(O)[C@@H](CC1CC1)C(=O)C1(N)N=C(c2ccc(C(F)(F)F)cc2)c2ccccc2N(C)C1=O. The van der Waals surface area contributed by atoms with Gasteiger partial charge < -0.3 is 10.0 Å². The van der Waals surface area contributed by atoms with Crippen molar-refractivity contribution in [2.75, 3.05) is 11.9 Å². The van der Waals surface area contributed by atoms with Crippen LogP contribution in [0.4, 0.5) is 18.9 Å². The Morgan fingerprint density at radius 1 is 1.18 bits per heavy atom. The van der Waals surface area contributed by atoms with E-state index in [1.165, 1.54) is 24.1 Å². The number of hydrogen-bond acceptors (Lipinski definition) is 5. The molecule has 1 aliphatic heterocycles. The Morgan fingerprint density at radius 2 is 1.82 bits per heavy atom. The lowest BCUT2D eigenvalue weighted by atomic mass is 9.75. The van der Waals surface area contributed by atoms with Crippen LogP contribution in [0, 0.1) is 11.8 Å². The molecule has 1 fully saturated rings. The largest absolute Gasteiger partial charge is 0.416 e. The van der Waals surface area contributed by atoms with Gasteiger partial charge in [0.25, 0.3) is 5.91 Å². The van der Waals surface area contributed by atoms with E-state index in [1.54, 1.807) is 31.2 Å². The molecule has 38 heavy (non-hydrogen) atoms. The number of unbranched alkanes of at least 4 members (excludes halogenated alkanes) is 1. The molecule has 2 aromatic carbocycles. The van der Waals surface area contributed by atoms with Crippen LogP contribution < -0.4 is 10.6 Å². The van der Waals surface area contributed by atoms with E-state index in [0.717, 1.165) is 31.4 Å². The topological polar surface area (TPSA) is 96.0 Å². The molecule has 0 aromatic heterocycles. The number of alkyl halides is 3. The summed E-state index contributed by atoms with van der Waals surface area (Å²) >= 11 is 0. The van der Waals surface area contributed by atoms with E-state index < -0.39 is 40.6 Å². The fraction of sp³-hybridized carbons (Fsp3) is 0.483. The zero-order valence-electron chi connectivity index (χ0n) is 21.9. The number of Topliss-reactive ketones (excluding diaryl/α,β-unsaturated/α-hetero) is 1. The number of carbonyl (C=O) groups is 2. The van der Waals surface area contributed by atoms with Gasteiger partial charge in [0.15, 0.2) is 5.78 Å². The third kappa shape index (κ3) is 5.40. The predicted octanol–water partition coefficient (Wildman–Crippen LogP) is 5.10. The molecule has 9 heteroatoms.